The summed E-state index contributed by atoms with van der Waals surface area (Å²) in [6, 6.07) is 26.1. The summed E-state index contributed by atoms with van der Waals surface area (Å²) in [6.07, 6.45) is 0. The number of benzene rings is 3. The molecule has 0 saturated carbocycles. The van der Waals surface area contributed by atoms with E-state index >= 15 is 0 Å². The number of hydrogen-bond acceptors (Lipinski definition) is 0. The topological polar surface area (TPSA) is 0 Å². The minimum atomic E-state index is 0. The largest absolute Gasteiger partial charge is 0.0776 e. The van der Waals surface area contributed by atoms with Crippen LogP contribution in [-0.4, -0.2) is 0 Å². The summed E-state index contributed by atoms with van der Waals surface area (Å²) >= 11 is 0. The van der Waals surface area contributed by atoms with Crippen molar-refractivity contribution in [3.05, 3.63) is 83.9 Å². The smallest absolute Gasteiger partial charge is 0.0178 e. The molecule has 3 aromatic rings. The molecule has 0 fully saturated rings. The van der Waals surface area contributed by atoms with Gasteiger partial charge in [-0.25, -0.2) is 0 Å². The van der Waals surface area contributed by atoms with Crippen LogP contribution in [0.3, 0.4) is 0 Å². The number of hydrogen-bond donors (Lipinski definition) is 0. The van der Waals surface area contributed by atoms with Crippen LogP contribution in [0.25, 0.3) is 22.3 Å². The van der Waals surface area contributed by atoms with Crippen LogP contribution in [0.2, 0.25) is 0 Å². The highest BCUT2D eigenvalue weighted by atomic mass is 14.1. The summed E-state index contributed by atoms with van der Waals surface area (Å²) in [7, 11) is 0. The van der Waals surface area contributed by atoms with Crippen molar-refractivity contribution < 1.29 is 0 Å². The fourth-order valence-electron chi connectivity index (χ4n) is 2.45. The van der Waals surface area contributed by atoms with Gasteiger partial charge in [0, 0.05) is 0 Å². The van der Waals surface area contributed by atoms with Crippen molar-refractivity contribution in [3.63, 3.8) is 0 Å². The second kappa shape index (κ2) is 12.1. The maximum atomic E-state index is 2.26. The molecule has 0 aliphatic carbocycles. The van der Waals surface area contributed by atoms with E-state index in [0.29, 0.717) is 0 Å². The van der Waals surface area contributed by atoms with Crippen LogP contribution < -0.4 is 0 Å². The van der Waals surface area contributed by atoms with Crippen molar-refractivity contribution >= 4 is 0 Å². The lowest BCUT2D eigenvalue weighted by molar-refractivity contribution is 1.46. The Morgan fingerprint density at radius 2 is 0.880 bits per heavy atom. The van der Waals surface area contributed by atoms with Gasteiger partial charge in [-0.15, -0.1) is 0 Å². The molecular weight excluding hydrogens is 300 g/mol. The zero-order valence-corrected chi connectivity index (χ0v) is 13.9. The molecule has 0 heteroatoms. The van der Waals surface area contributed by atoms with Crippen molar-refractivity contribution in [2.45, 2.75) is 50.0 Å². The van der Waals surface area contributed by atoms with Gasteiger partial charge in [0.15, 0.2) is 0 Å². The summed E-state index contributed by atoms with van der Waals surface area (Å²) in [4.78, 5) is 0. The van der Waals surface area contributed by atoms with Gasteiger partial charge in [-0.3, -0.25) is 0 Å². The third-order valence-corrected chi connectivity index (χ3v) is 3.60. The molecule has 0 spiro atoms. The summed E-state index contributed by atoms with van der Waals surface area (Å²) in [6.45, 7) is 8.25. The van der Waals surface area contributed by atoms with Crippen LogP contribution in [0.1, 0.15) is 47.3 Å². The Hall–Kier alpha value is -2.34. The highest BCUT2D eigenvalue weighted by Gasteiger charge is 2.01. The van der Waals surface area contributed by atoms with Gasteiger partial charge in [-0.2, -0.15) is 0 Å². The molecule has 3 rings (SSSR count). The van der Waals surface area contributed by atoms with E-state index < -0.39 is 0 Å². The molecule has 0 nitrogen and oxygen atoms in total. The van der Waals surface area contributed by atoms with Crippen molar-refractivity contribution in [2.24, 2.45) is 0 Å². The zero-order chi connectivity index (χ0) is 15.9. The van der Waals surface area contributed by atoms with Crippen LogP contribution in [0, 0.1) is 13.8 Å². The van der Waals surface area contributed by atoms with Gasteiger partial charge < -0.3 is 0 Å². The summed E-state index contributed by atoms with van der Waals surface area (Å²) in [5.74, 6) is 0. The van der Waals surface area contributed by atoms with E-state index in [1.807, 2.05) is 13.8 Å². The quantitative estimate of drug-likeness (QED) is 0.439. The summed E-state index contributed by atoms with van der Waals surface area (Å²) < 4.78 is 0. The lowest BCUT2D eigenvalue weighted by atomic mass is 9.98. The molecular formula is C25H36. The molecule has 136 valence electrons. The van der Waals surface area contributed by atoms with E-state index in [2.05, 4.69) is 86.6 Å². The number of rotatable bonds is 2. The summed E-state index contributed by atoms with van der Waals surface area (Å²) in [5.41, 5.74) is 7.67. The molecule has 25 heavy (non-hydrogen) atoms. The normalized spacial score (nSPS) is 8.64. The minimum absolute atomic E-state index is 0. The van der Waals surface area contributed by atoms with E-state index in [0.717, 1.165) is 0 Å². The first-order chi connectivity index (χ1) is 10.7. The average Bonchev–Trinajstić information content (AvgIpc) is 2.57. The second-order valence-corrected chi connectivity index (χ2v) is 5.32. The first-order valence-corrected chi connectivity index (χ1v) is 7.96. The average molecular weight is 337 g/mol. The fraction of sp³-hybridized carbons (Fsp3) is 0.280. The van der Waals surface area contributed by atoms with E-state index in [-0.39, 0.29) is 22.3 Å². The molecule has 0 N–H and O–H groups in total. The third-order valence-electron chi connectivity index (χ3n) is 3.60. The van der Waals surface area contributed by atoms with Gasteiger partial charge in [0.1, 0.15) is 0 Å². The molecule has 0 amide bonds. The molecule has 0 aromatic heterocycles. The van der Waals surface area contributed by atoms with Crippen LogP contribution in [0.5, 0.6) is 0 Å². The van der Waals surface area contributed by atoms with E-state index in [1.54, 1.807) is 0 Å². The Kier molecular flexibility index (Phi) is 12.0. The molecule has 0 unspecified atom stereocenters. The van der Waals surface area contributed by atoms with Gasteiger partial charge in [0.2, 0.25) is 0 Å². The van der Waals surface area contributed by atoms with Gasteiger partial charge in [0.05, 0.1) is 0 Å². The van der Waals surface area contributed by atoms with Gasteiger partial charge in [-0.1, -0.05) is 114 Å². The predicted octanol–water partition coefficient (Wildman–Crippen LogP) is 8.57. The fourth-order valence-corrected chi connectivity index (χ4v) is 2.45. The van der Waals surface area contributed by atoms with Crippen molar-refractivity contribution in [3.8, 4) is 22.3 Å². The highest BCUT2D eigenvalue weighted by molar-refractivity contribution is 5.73. The third kappa shape index (κ3) is 6.58. The van der Waals surface area contributed by atoms with Gasteiger partial charge in [0.25, 0.3) is 0 Å². The number of aryl methyl sites for hydroxylation is 2. The van der Waals surface area contributed by atoms with Crippen molar-refractivity contribution in [1.82, 2.24) is 0 Å². The van der Waals surface area contributed by atoms with Crippen LogP contribution in [0.15, 0.2) is 72.8 Å². The Balaban J connectivity index is 0. The lowest BCUT2D eigenvalue weighted by Gasteiger charge is -2.07. The first-order valence-electron chi connectivity index (χ1n) is 7.96. The van der Waals surface area contributed by atoms with Crippen LogP contribution in [0.4, 0.5) is 0 Å². The predicted molar refractivity (Wildman–Crippen MR) is 118 cm³/mol. The van der Waals surface area contributed by atoms with Gasteiger partial charge >= 0.3 is 0 Å². The standard InChI is InChI=1S/C20H18.C2H6.3CH4/c1-15-9-11-17(12-10-15)19-7-4-8-20(14-19)18-6-3-5-16(2)13-18;1-2;;;/h3-14H,1-2H3;1-2H3;3*1H4. The Morgan fingerprint density at radius 3 is 1.40 bits per heavy atom. The lowest BCUT2D eigenvalue weighted by Crippen LogP contribution is -1.82. The maximum Gasteiger partial charge on any atom is -0.0178 e. The first kappa shape index (κ1) is 24.9. The zero-order valence-electron chi connectivity index (χ0n) is 13.9. The molecule has 0 radical (unpaired) electrons. The van der Waals surface area contributed by atoms with Crippen molar-refractivity contribution in [1.29, 1.82) is 0 Å². The molecule has 0 saturated heterocycles. The van der Waals surface area contributed by atoms with E-state index in [9.17, 15) is 0 Å². The van der Waals surface area contributed by atoms with E-state index in [4.69, 9.17) is 0 Å². The maximum absolute atomic E-state index is 2.26. The van der Waals surface area contributed by atoms with Gasteiger partial charge in [-0.05, 0) is 42.2 Å². The minimum Gasteiger partial charge on any atom is -0.0776 e. The monoisotopic (exact) mass is 336 g/mol. The van der Waals surface area contributed by atoms with Crippen molar-refractivity contribution in [2.75, 3.05) is 0 Å². The Bertz CT molecular complexity index is 721. The molecule has 0 heterocycles. The highest BCUT2D eigenvalue weighted by Crippen LogP contribution is 2.27. The SMILES string of the molecule is C.C.C.CC.Cc1ccc(-c2cccc(-c3cccc(C)c3)c2)cc1. The second-order valence-electron chi connectivity index (χ2n) is 5.32. The molecule has 3 aromatic carbocycles. The summed E-state index contributed by atoms with van der Waals surface area (Å²) in [5, 5.41) is 0. The van der Waals surface area contributed by atoms with Crippen LogP contribution in [-0.2, 0) is 0 Å². The molecule has 0 bridgehead atoms. The van der Waals surface area contributed by atoms with E-state index in [1.165, 1.54) is 33.4 Å². The Morgan fingerprint density at radius 1 is 0.440 bits per heavy atom. The molecule has 0 aliphatic rings. The molecule has 0 atom stereocenters. The Labute approximate surface area is 156 Å². The molecule has 0 aliphatic heterocycles. The van der Waals surface area contributed by atoms with Crippen LogP contribution >= 0.6 is 0 Å².